The van der Waals surface area contributed by atoms with Gasteiger partial charge in [-0.15, -0.1) is 0 Å². The number of anilines is 1. The first kappa shape index (κ1) is 11.9. The average Bonchev–Trinajstić information content (AvgIpc) is 2.39. The molecule has 2 rings (SSSR count). The van der Waals surface area contributed by atoms with E-state index >= 15 is 0 Å². The number of nitrogens with one attached hydrogen (secondary N) is 1. The van der Waals surface area contributed by atoms with Gasteiger partial charge in [-0.3, -0.25) is 9.78 Å². The molecule has 5 heteroatoms. The third kappa shape index (κ3) is 2.74. The molecule has 0 aromatic carbocycles. The van der Waals surface area contributed by atoms with Crippen molar-refractivity contribution in [3.8, 4) is 0 Å². The average molecular weight is 234 g/mol. The minimum atomic E-state index is 0.0719. The summed E-state index contributed by atoms with van der Waals surface area (Å²) in [5.74, 6) is 0.0719. The lowest BCUT2D eigenvalue weighted by Gasteiger charge is -2.27. The molecule has 2 heterocycles. The van der Waals surface area contributed by atoms with E-state index < -0.39 is 0 Å². The first-order valence-electron chi connectivity index (χ1n) is 5.81. The maximum atomic E-state index is 12.2. The molecule has 1 aliphatic rings. The molecule has 1 fully saturated rings. The number of nitrogens with zero attached hydrogens (tertiary/aromatic N) is 3. The van der Waals surface area contributed by atoms with Gasteiger partial charge in [0.05, 0.1) is 17.4 Å². The standard InChI is InChI=1S/C12H18N4O/c1-15(2)11-7-10(8-14-9-11)12(17)16-5-3-13-4-6-16/h7-9,13H,3-6H2,1-2H3. The third-order valence-electron chi connectivity index (χ3n) is 2.89. The summed E-state index contributed by atoms with van der Waals surface area (Å²) in [6.07, 6.45) is 3.39. The summed E-state index contributed by atoms with van der Waals surface area (Å²) >= 11 is 0. The number of carbonyl (C=O) groups excluding carboxylic acids is 1. The second-order valence-electron chi connectivity index (χ2n) is 4.37. The van der Waals surface area contributed by atoms with Crippen molar-refractivity contribution in [2.45, 2.75) is 0 Å². The van der Waals surface area contributed by atoms with Gasteiger partial charge in [0.15, 0.2) is 0 Å². The molecule has 92 valence electrons. The Hall–Kier alpha value is -1.62. The molecule has 1 aliphatic heterocycles. The van der Waals surface area contributed by atoms with E-state index in [2.05, 4.69) is 10.3 Å². The summed E-state index contributed by atoms with van der Waals surface area (Å²) in [6.45, 7) is 3.27. The maximum Gasteiger partial charge on any atom is 0.255 e. The number of rotatable bonds is 2. The normalized spacial score (nSPS) is 15.8. The summed E-state index contributed by atoms with van der Waals surface area (Å²) in [7, 11) is 3.88. The van der Waals surface area contributed by atoms with Gasteiger partial charge in [0.2, 0.25) is 0 Å². The predicted molar refractivity (Wildman–Crippen MR) is 67.3 cm³/mol. The van der Waals surface area contributed by atoms with Gasteiger partial charge in [-0.1, -0.05) is 0 Å². The third-order valence-corrected chi connectivity index (χ3v) is 2.89. The minimum absolute atomic E-state index is 0.0719. The number of hydrogen-bond donors (Lipinski definition) is 1. The van der Waals surface area contributed by atoms with Crippen LogP contribution in [0.4, 0.5) is 5.69 Å². The smallest absolute Gasteiger partial charge is 0.255 e. The van der Waals surface area contributed by atoms with E-state index in [1.807, 2.05) is 30.0 Å². The molecule has 0 atom stereocenters. The molecule has 0 aliphatic carbocycles. The second kappa shape index (κ2) is 5.14. The van der Waals surface area contributed by atoms with Crippen molar-refractivity contribution in [3.63, 3.8) is 0 Å². The first-order chi connectivity index (χ1) is 8.18. The van der Waals surface area contributed by atoms with Crippen molar-refractivity contribution >= 4 is 11.6 Å². The molecular weight excluding hydrogens is 216 g/mol. The highest BCUT2D eigenvalue weighted by molar-refractivity contribution is 5.94. The van der Waals surface area contributed by atoms with Gasteiger partial charge in [0.25, 0.3) is 5.91 Å². The Bertz CT molecular complexity index is 399. The van der Waals surface area contributed by atoms with E-state index in [9.17, 15) is 4.79 Å². The maximum absolute atomic E-state index is 12.2. The van der Waals surface area contributed by atoms with E-state index in [1.165, 1.54) is 0 Å². The molecule has 1 aromatic heterocycles. The van der Waals surface area contributed by atoms with E-state index in [1.54, 1.807) is 12.4 Å². The highest BCUT2D eigenvalue weighted by Gasteiger charge is 2.18. The molecule has 17 heavy (non-hydrogen) atoms. The van der Waals surface area contributed by atoms with Crippen molar-refractivity contribution in [2.24, 2.45) is 0 Å². The van der Waals surface area contributed by atoms with Gasteiger partial charge < -0.3 is 15.1 Å². The zero-order valence-corrected chi connectivity index (χ0v) is 10.3. The Kier molecular flexibility index (Phi) is 3.58. The molecule has 1 aromatic rings. The van der Waals surface area contributed by atoms with Crippen LogP contribution in [0, 0.1) is 0 Å². The molecule has 5 nitrogen and oxygen atoms in total. The Balaban J connectivity index is 2.15. The highest BCUT2D eigenvalue weighted by atomic mass is 16.2. The van der Waals surface area contributed by atoms with Crippen LogP contribution in [0.1, 0.15) is 10.4 Å². The molecule has 1 amide bonds. The number of pyridine rings is 1. The lowest BCUT2D eigenvalue weighted by molar-refractivity contribution is 0.0735. The molecule has 0 radical (unpaired) electrons. The highest BCUT2D eigenvalue weighted by Crippen LogP contribution is 2.13. The quantitative estimate of drug-likeness (QED) is 0.794. The van der Waals surface area contributed by atoms with Crippen LogP contribution >= 0.6 is 0 Å². The van der Waals surface area contributed by atoms with Crippen molar-refractivity contribution in [2.75, 3.05) is 45.2 Å². The van der Waals surface area contributed by atoms with Crippen LogP contribution in [0.25, 0.3) is 0 Å². The zero-order valence-electron chi connectivity index (χ0n) is 10.3. The summed E-state index contributed by atoms with van der Waals surface area (Å²) < 4.78 is 0. The number of hydrogen-bond acceptors (Lipinski definition) is 4. The summed E-state index contributed by atoms with van der Waals surface area (Å²) in [6, 6.07) is 1.89. The summed E-state index contributed by atoms with van der Waals surface area (Å²) in [5, 5.41) is 3.23. The summed E-state index contributed by atoms with van der Waals surface area (Å²) in [5.41, 5.74) is 1.61. The first-order valence-corrected chi connectivity index (χ1v) is 5.81. The number of piperazine rings is 1. The fraction of sp³-hybridized carbons (Fsp3) is 0.500. The topological polar surface area (TPSA) is 48.5 Å². The molecule has 0 spiro atoms. The fourth-order valence-corrected chi connectivity index (χ4v) is 1.84. The molecule has 0 unspecified atom stereocenters. The Labute approximate surface area is 101 Å². The predicted octanol–water partition coefficient (Wildman–Crippen LogP) is 0.193. The van der Waals surface area contributed by atoms with Crippen LogP contribution in [0.2, 0.25) is 0 Å². The van der Waals surface area contributed by atoms with E-state index in [0.29, 0.717) is 5.56 Å². The van der Waals surface area contributed by atoms with Crippen molar-refractivity contribution in [1.29, 1.82) is 0 Å². The van der Waals surface area contributed by atoms with Crippen LogP contribution in [0.3, 0.4) is 0 Å². The zero-order chi connectivity index (χ0) is 12.3. The summed E-state index contributed by atoms with van der Waals surface area (Å²) in [4.78, 5) is 20.1. The molecule has 1 saturated heterocycles. The van der Waals surface area contributed by atoms with Crippen LogP contribution in [-0.2, 0) is 0 Å². The number of carbonyl (C=O) groups is 1. The van der Waals surface area contributed by atoms with E-state index in [4.69, 9.17) is 0 Å². The van der Waals surface area contributed by atoms with Gasteiger partial charge in [0.1, 0.15) is 0 Å². The van der Waals surface area contributed by atoms with Gasteiger partial charge in [-0.25, -0.2) is 0 Å². The lowest BCUT2D eigenvalue weighted by atomic mass is 10.2. The molecular formula is C12H18N4O. The molecule has 0 saturated carbocycles. The lowest BCUT2D eigenvalue weighted by Crippen LogP contribution is -2.46. The molecule has 0 bridgehead atoms. The second-order valence-corrected chi connectivity index (χ2v) is 4.37. The number of amides is 1. The van der Waals surface area contributed by atoms with E-state index in [0.717, 1.165) is 31.9 Å². The Morgan fingerprint density at radius 1 is 1.35 bits per heavy atom. The van der Waals surface area contributed by atoms with Crippen LogP contribution < -0.4 is 10.2 Å². The van der Waals surface area contributed by atoms with Gasteiger partial charge in [-0.2, -0.15) is 0 Å². The van der Waals surface area contributed by atoms with Crippen molar-refractivity contribution in [1.82, 2.24) is 15.2 Å². The fourth-order valence-electron chi connectivity index (χ4n) is 1.84. The van der Waals surface area contributed by atoms with Crippen molar-refractivity contribution < 1.29 is 4.79 Å². The SMILES string of the molecule is CN(C)c1cncc(C(=O)N2CCNCC2)c1. The van der Waals surface area contributed by atoms with Crippen LogP contribution in [-0.4, -0.2) is 56.1 Å². The van der Waals surface area contributed by atoms with E-state index in [-0.39, 0.29) is 5.91 Å². The Morgan fingerprint density at radius 3 is 2.71 bits per heavy atom. The van der Waals surface area contributed by atoms with Gasteiger partial charge in [0, 0.05) is 46.5 Å². The monoisotopic (exact) mass is 234 g/mol. The Morgan fingerprint density at radius 2 is 2.06 bits per heavy atom. The van der Waals surface area contributed by atoms with Gasteiger partial charge in [-0.05, 0) is 6.07 Å². The molecule has 1 N–H and O–H groups in total. The largest absolute Gasteiger partial charge is 0.376 e. The van der Waals surface area contributed by atoms with Crippen LogP contribution in [0.15, 0.2) is 18.5 Å². The number of aromatic nitrogens is 1. The van der Waals surface area contributed by atoms with Gasteiger partial charge >= 0.3 is 0 Å². The van der Waals surface area contributed by atoms with Crippen molar-refractivity contribution in [3.05, 3.63) is 24.0 Å². The minimum Gasteiger partial charge on any atom is -0.376 e. The van der Waals surface area contributed by atoms with Crippen LogP contribution in [0.5, 0.6) is 0 Å².